The minimum absolute atomic E-state index is 0.211. The van der Waals surface area contributed by atoms with E-state index in [1.807, 2.05) is 30.1 Å². The second-order valence-electron chi connectivity index (χ2n) is 7.17. The first kappa shape index (κ1) is 21.3. The van der Waals surface area contributed by atoms with E-state index in [1.165, 1.54) is 5.39 Å². The molecule has 6 heteroatoms. The Bertz CT molecular complexity index is 1250. The Labute approximate surface area is 192 Å². The van der Waals surface area contributed by atoms with Gasteiger partial charge in [-0.05, 0) is 83.7 Å². The average molecular weight is 443 g/mol. The monoisotopic (exact) mass is 442 g/mol. The lowest BCUT2D eigenvalue weighted by molar-refractivity contribution is 0.102. The van der Waals surface area contributed by atoms with Crippen LogP contribution in [-0.2, 0) is 0 Å². The second-order valence-corrected chi connectivity index (χ2v) is 7.51. The molecular formula is C26H22N2O3S. The van der Waals surface area contributed by atoms with Crippen LogP contribution in [0, 0.1) is 0 Å². The van der Waals surface area contributed by atoms with Crippen molar-refractivity contribution >= 4 is 45.4 Å². The van der Waals surface area contributed by atoms with Gasteiger partial charge in [0.25, 0.3) is 11.1 Å². The van der Waals surface area contributed by atoms with Gasteiger partial charge < -0.3 is 19.7 Å². The van der Waals surface area contributed by atoms with E-state index < -0.39 is 0 Å². The van der Waals surface area contributed by atoms with Gasteiger partial charge in [0.1, 0.15) is 11.5 Å². The van der Waals surface area contributed by atoms with E-state index in [-0.39, 0.29) is 5.91 Å². The topological polar surface area (TPSA) is 50.8 Å². The smallest absolute Gasteiger partial charge is 0.269 e. The molecule has 0 saturated carbocycles. The first-order valence-electron chi connectivity index (χ1n) is 10.0. The summed E-state index contributed by atoms with van der Waals surface area (Å²) < 4.78 is 11.0. The molecule has 0 aliphatic rings. The maximum atomic E-state index is 12.5. The normalized spacial score (nSPS) is 10.4. The molecular weight excluding hydrogens is 420 g/mol. The van der Waals surface area contributed by atoms with Crippen LogP contribution < -0.4 is 19.7 Å². The van der Waals surface area contributed by atoms with Crippen molar-refractivity contribution in [2.24, 2.45) is 0 Å². The van der Waals surface area contributed by atoms with Crippen molar-refractivity contribution in [3.05, 3.63) is 96.6 Å². The number of nitrogens with zero attached hydrogens (tertiary/aromatic N) is 1. The molecule has 4 aromatic rings. The van der Waals surface area contributed by atoms with E-state index in [1.54, 1.807) is 55.6 Å². The summed E-state index contributed by atoms with van der Waals surface area (Å²) in [5, 5.41) is 5.47. The van der Waals surface area contributed by atoms with E-state index in [2.05, 4.69) is 29.6 Å². The molecule has 0 spiro atoms. The van der Waals surface area contributed by atoms with Gasteiger partial charge in [0.2, 0.25) is 0 Å². The third kappa shape index (κ3) is 4.87. The highest BCUT2D eigenvalue weighted by atomic mass is 32.1. The molecule has 0 aliphatic carbocycles. The van der Waals surface area contributed by atoms with Crippen molar-refractivity contribution in [1.29, 1.82) is 0 Å². The largest absolute Gasteiger partial charge is 0.497 e. The molecule has 1 N–H and O–H groups in total. The van der Waals surface area contributed by atoms with Crippen molar-refractivity contribution in [3.63, 3.8) is 0 Å². The van der Waals surface area contributed by atoms with E-state index >= 15 is 0 Å². The zero-order chi connectivity index (χ0) is 22.5. The second kappa shape index (κ2) is 9.49. The van der Waals surface area contributed by atoms with Crippen LogP contribution in [0.2, 0.25) is 0 Å². The van der Waals surface area contributed by atoms with Gasteiger partial charge in [0, 0.05) is 24.0 Å². The van der Waals surface area contributed by atoms with Gasteiger partial charge in [-0.1, -0.05) is 30.3 Å². The predicted octanol–water partition coefficient (Wildman–Crippen LogP) is 5.90. The number of nitrogens with one attached hydrogen (secondary N) is 1. The fraction of sp³-hybridized carbons (Fsp3) is 0.0769. The molecule has 0 aliphatic heterocycles. The zero-order valence-corrected chi connectivity index (χ0v) is 18.6. The van der Waals surface area contributed by atoms with Gasteiger partial charge in [-0.25, -0.2) is 0 Å². The molecule has 0 atom stereocenters. The molecule has 0 radical (unpaired) electrons. The van der Waals surface area contributed by atoms with Crippen LogP contribution in [-0.4, -0.2) is 25.2 Å². The summed E-state index contributed by atoms with van der Waals surface area (Å²) in [7, 11) is 3.46. The Balaban J connectivity index is 1.39. The number of hydrogen-bond acceptors (Lipinski definition) is 4. The SMILES string of the molecule is COc1ccc(NC(=O)c2ccc(OC(=S)N(C)c3ccc4ccccc4c3)cc2)cc1. The lowest BCUT2D eigenvalue weighted by Crippen LogP contribution is -2.29. The van der Waals surface area contributed by atoms with Crippen molar-refractivity contribution < 1.29 is 14.3 Å². The Hall–Kier alpha value is -3.90. The summed E-state index contributed by atoms with van der Waals surface area (Å²) in [6.07, 6.45) is 0. The minimum atomic E-state index is -0.211. The molecule has 4 aromatic carbocycles. The lowest BCUT2D eigenvalue weighted by Gasteiger charge is -2.20. The summed E-state index contributed by atoms with van der Waals surface area (Å²) >= 11 is 5.47. The highest BCUT2D eigenvalue weighted by molar-refractivity contribution is 7.80. The quantitative estimate of drug-likeness (QED) is 0.390. The molecule has 0 unspecified atom stereocenters. The Morgan fingerprint density at radius 2 is 1.50 bits per heavy atom. The standard InChI is InChI=1S/C26H22N2O3S/c1-28(22-12-7-18-5-3-4-6-20(18)17-22)26(32)31-24-13-8-19(9-14-24)25(29)27-21-10-15-23(30-2)16-11-21/h3-17H,1-2H3,(H,27,29). The van der Waals surface area contributed by atoms with Gasteiger partial charge in [0.15, 0.2) is 0 Å². The molecule has 5 nitrogen and oxygen atoms in total. The van der Waals surface area contributed by atoms with Gasteiger partial charge in [-0.15, -0.1) is 0 Å². The molecule has 0 saturated heterocycles. The van der Waals surface area contributed by atoms with Gasteiger partial charge in [-0.2, -0.15) is 0 Å². The maximum absolute atomic E-state index is 12.5. The third-order valence-electron chi connectivity index (χ3n) is 5.06. The van der Waals surface area contributed by atoms with Crippen molar-refractivity contribution in [2.45, 2.75) is 0 Å². The predicted molar refractivity (Wildman–Crippen MR) is 133 cm³/mol. The van der Waals surface area contributed by atoms with E-state index in [0.29, 0.717) is 22.2 Å². The van der Waals surface area contributed by atoms with Gasteiger partial charge >= 0.3 is 0 Å². The molecule has 0 heterocycles. The molecule has 4 rings (SSSR count). The minimum Gasteiger partial charge on any atom is -0.497 e. The number of hydrogen-bond donors (Lipinski definition) is 1. The Kier molecular flexibility index (Phi) is 6.33. The van der Waals surface area contributed by atoms with E-state index in [0.717, 1.165) is 16.8 Å². The number of carbonyl (C=O) groups excluding carboxylic acids is 1. The number of methoxy groups -OCH3 is 1. The van der Waals surface area contributed by atoms with Crippen molar-refractivity contribution in [2.75, 3.05) is 24.4 Å². The fourth-order valence-corrected chi connectivity index (χ4v) is 3.41. The molecule has 32 heavy (non-hydrogen) atoms. The number of anilines is 2. The highest BCUT2D eigenvalue weighted by Crippen LogP contribution is 2.23. The number of carbonyl (C=O) groups is 1. The van der Waals surface area contributed by atoms with Crippen molar-refractivity contribution in [3.8, 4) is 11.5 Å². The van der Waals surface area contributed by atoms with E-state index in [9.17, 15) is 4.79 Å². The highest BCUT2D eigenvalue weighted by Gasteiger charge is 2.11. The summed E-state index contributed by atoms with van der Waals surface area (Å²) in [4.78, 5) is 14.3. The lowest BCUT2D eigenvalue weighted by atomic mass is 10.1. The molecule has 0 fully saturated rings. The number of amides is 1. The average Bonchev–Trinajstić information content (AvgIpc) is 2.84. The first-order chi connectivity index (χ1) is 15.5. The summed E-state index contributed by atoms with van der Waals surface area (Å²) in [6.45, 7) is 0. The summed E-state index contributed by atoms with van der Waals surface area (Å²) in [6, 6.07) is 28.3. The van der Waals surface area contributed by atoms with Crippen LogP contribution in [0.3, 0.4) is 0 Å². The number of fused-ring (bicyclic) bond motifs is 1. The molecule has 0 bridgehead atoms. The van der Waals surface area contributed by atoms with Gasteiger partial charge in [0.05, 0.1) is 7.11 Å². The van der Waals surface area contributed by atoms with Crippen LogP contribution in [0.1, 0.15) is 10.4 Å². The third-order valence-corrected chi connectivity index (χ3v) is 5.42. The maximum Gasteiger partial charge on any atom is 0.269 e. The van der Waals surface area contributed by atoms with Crippen LogP contribution in [0.5, 0.6) is 11.5 Å². The van der Waals surface area contributed by atoms with Gasteiger partial charge in [-0.3, -0.25) is 4.79 Å². The van der Waals surface area contributed by atoms with E-state index in [4.69, 9.17) is 21.7 Å². The van der Waals surface area contributed by atoms with Crippen LogP contribution in [0.15, 0.2) is 91.0 Å². The molecule has 0 aromatic heterocycles. The van der Waals surface area contributed by atoms with Crippen LogP contribution in [0.4, 0.5) is 11.4 Å². The molecule has 160 valence electrons. The zero-order valence-electron chi connectivity index (χ0n) is 17.7. The summed E-state index contributed by atoms with van der Waals surface area (Å²) in [5.74, 6) is 1.08. The molecule has 1 amide bonds. The number of ether oxygens (including phenoxy) is 2. The summed E-state index contributed by atoms with van der Waals surface area (Å²) in [5.41, 5.74) is 2.14. The fourth-order valence-electron chi connectivity index (χ4n) is 3.21. The first-order valence-corrected chi connectivity index (χ1v) is 10.4. The number of benzene rings is 4. The number of thiocarbonyl (C=S) groups is 1. The van der Waals surface area contributed by atoms with Crippen LogP contribution >= 0.6 is 12.2 Å². The van der Waals surface area contributed by atoms with Crippen molar-refractivity contribution in [1.82, 2.24) is 0 Å². The number of rotatable bonds is 5. The Morgan fingerprint density at radius 1 is 0.844 bits per heavy atom. The van der Waals surface area contributed by atoms with Crippen LogP contribution in [0.25, 0.3) is 10.8 Å². The Morgan fingerprint density at radius 3 is 2.19 bits per heavy atom.